The Morgan fingerprint density at radius 2 is 2.33 bits per heavy atom. The molecule has 1 fully saturated rings. The molecule has 1 aliphatic rings. The van der Waals surface area contributed by atoms with E-state index in [2.05, 4.69) is 22.5 Å². The minimum atomic E-state index is -0.386. The summed E-state index contributed by atoms with van der Waals surface area (Å²) in [7, 11) is 0. The molecule has 0 radical (unpaired) electrons. The molecule has 0 saturated carbocycles. The molecule has 1 atom stereocenters. The van der Waals surface area contributed by atoms with Crippen molar-refractivity contribution in [3.63, 3.8) is 0 Å². The van der Waals surface area contributed by atoms with Crippen LogP contribution in [-0.2, 0) is 4.74 Å². The predicted octanol–water partition coefficient (Wildman–Crippen LogP) is 3.25. The standard InChI is InChI=1S/C20H29FN4O2/c1-3-8-20(15-23-12-13-26-20)9-11-24-16(2)25-19(7-10-22)27-18-6-4-5-17(21)14-18/h4-7,10,14,22-23H,3,8-9,11-13,15H2,1-2H3,(H,24,25)/b19-7+,22-10?. The van der Waals surface area contributed by atoms with Gasteiger partial charge in [0, 0.05) is 38.0 Å². The summed E-state index contributed by atoms with van der Waals surface area (Å²) >= 11 is 0. The molecule has 1 saturated heterocycles. The normalized spacial score (nSPS) is 21.0. The van der Waals surface area contributed by atoms with Crippen molar-refractivity contribution in [3.8, 4) is 5.75 Å². The summed E-state index contributed by atoms with van der Waals surface area (Å²) in [6.07, 6.45) is 5.46. The van der Waals surface area contributed by atoms with Crippen LogP contribution in [0.1, 0.15) is 33.1 Å². The maximum atomic E-state index is 13.3. The molecule has 27 heavy (non-hydrogen) atoms. The van der Waals surface area contributed by atoms with E-state index in [1.165, 1.54) is 18.2 Å². The third-order valence-corrected chi connectivity index (χ3v) is 4.32. The number of hydrogen-bond donors (Lipinski definition) is 3. The SMILES string of the molecule is CCCC1(CCN/C(C)=N/C(=C\C=N)Oc2cccc(F)c2)CNCCO1. The quantitative estimate of drug-likeness (QED) is 0.351. The molecule has 2 rings (SSSR count). The zero-order valence-electron chi connectivity index (χ0n) is 16.1. The first-order chi connectivity index (χ1) is 13.1. The fourth-order valence-electron chi connectivity index (χ4n) is 3.10. The molecule has 0 amide bonds. The van der Waals surface area contributed by atoms with Crippen LogP contribution in [0.5, 0.6) is 5.75 Å². The van der Waals surface area contributed by atoms with Gasteiger partial charge in [-0.15, -0.1) is 0 Å². The van der Waals surface area contributed by atoms with Crippen molar-refractivity contribution >= 4 is 12.1 Å². The second-order valence-electron chi connectivity index (χ2n) is 6.56. The van der Waals surface area contributed by atoms with Gasteiger partial charge < -0.3 is 25.5 Å². The third-order valence-electron chi connectivity index (χ3n) is 4.32. The summed E-state index contributed by atoms with van der Waals surface area (Å²) in [4.78, 5) is 4.36. The average Bonchev–Trinajstić information content (AvgIpc) is 2.63. The second kappa shape index (κ2) is 10.8. The number of morpholine rings is 1. The first kappa shape index (κ1) is 21.1. The van der Waals surface area contributed by atoms with Crippen molar-refractivity contribution < 1.29 is 13.9 Å². The number of halogens is 1. The first-order valence-electron chi connectivity index (χ1n) is 9.35. The maximum absolute atomic E-state index is 13.3. The number of rotatable bonds is 9. The lowest BCUT2D eigenvalue weighted by atomic mass is 9.92. The monoisotopic (exact) mass is 376 g/mol. The highest BCUT2D eigenvalue weighted by atomic mass is 19.1. The highest BCUT2D eigenvalue weighted by molar-refractivity contribution is 5.81. The van der Waals surface area contributed by atoms with E-state index in [0.29, 0.717) is 11.6 Å². The van der Waals surface area contributed by atoms with Crippen molar-refractivity contribution in [2.24, 2.45) is 4.99 Å². The Kier molecular flexibility index (Phi) is 8.42. The van der Waals surface area contributed by atoms with E-state index in [1.807, 2.05) is 6.92 Å². The number of benzene rings is 1. The Morgan fingerprint density at radius 1 is 1.48 bits per heavy atom. The first-order valence-corrected chi connectivity index (χ1v) is 9.35. The number of aliphatic imine (C=N–C) groups is 1. The van der Waals surface area contributed by atoms with Gasteiger partial charge in [0.25, 0.3) is 0 Å². The van der Waals surface area contributed by atoms with Gasteiger partial charge in [0.1, 0.15) is 17.4 Å². The van der Waals surface area contributed by atoms with Crippen molar-refractivity contribution in [1.29, 1.82) is 5.41 Å². The van der Waals surface area contributed by atoms with Crippen molar-refractivity contribution in [2.45, 2.75) is 38.7 Å². The lowest BCUT2D eigenvalue weighted by Gasteiger charge is -2.38. The van der Waals surface area contributed by atoms with E-state index in [0.717, 1.165) is 51.7 Å². The van der Waals surface area contributed by atoms with Crippen molar-refractivity contribution in [1.82, 2.24) is 10.6 Å². The van der Waals surface area contributed by atoms with E-state index >= 15 is 0 Å². The molecule has 1 unspecified atom stereocenters. The number of allylic oxidation sites excluding steroid dienone is 1. The van der Waals surface area contributed by atoms with Crippen LogP contribution in [-0.4, -0.2) is 43.9 Å². The van der Waals surface area contributed by atoms with E-state index < -0.39 is 0 Å². The molecule has 1 heterocycles. The molecular formula is C20H29FN4O2. The van der Waals surface area contributed by atoms with Gasteiger partial charge >= 0.3 is 0 Å². The smallest absolute Gasteiger partial charge is 0.222 e. The number of hydrogen-bond acceptors (Lipinski definition) is 5. The molecule has 1 aliphatic heterocycles. The van der Waals surface area contributed by atoms with Gasteiger partial charge in [0.15, 0.2) is 0 Å². The highest BCUT2D eigenvalue weighted by Gasteiger charge is 2.31. The fraction of sp³-hybridized carbons (Fsp3) is 0.500. The van der Waals surface area contributed by atoms with Gasteiger partial charge in [0.05, 0.1) is 12.2 Å². The van der Waals surface area contributed by atoms with E-state index in [1.54, 1.807) is 12.1 Å². The molecule has 1 aromatic carbocycles. The van der Waals surface area contributed by atoms with E-state index in [-0.39, 0.29) is 17.3 Å². The molecule has 3 N–H and O–H groups in total. The van der Waals surface area contributed by atoms with Crippen LogP contribution in [0.3, 0.4) is 0 Å². The molecule has 0 bridgehead atoms. The predicted molar refractivity (Wildman–Crippen MR) is 106 cm³/mol. The minimum Gasteiger partial charge on any atom is -0.439 e. The Bertz CT molecular complexity index is 664. The second-order valence-corrected chi connectivity index (χ2v) is 6.56. The number of ether oxygens (including phenoxy) is 2. The van der Waals surface area contributed by atoms with Gasteiger partial charge in [0.2, 0.25) is 5.88 Å². The molecule has 6 nitrogen and oxygen atoms in total. The van der Waals surface area contributed by atoms with Crippen LogP contribution in [0.25, 0.3) is 0 Å². The Hall–Kier alpha value is -2.25. The van der Waals surface area contributed by atoms with Gasteiger partial charge in [-0.3, -0.25) is 0 Å². The molecule has 148 valence electrons. The summed E-state index contributed by atoms with van der Waals surface area (Å²) in [5, 5.41) is 13.9. The summed E-state index contributed by atoms with van der Waals surface area (Å²) in [6, 6.07) is 5.82. The van der Waals surface area contributed by atoms with Crippen LogP contribution in [0.2, 0.25) is 0 Å². The average molecular weight is 376 g/mol. The lowest BCUT2D eigenvalue weighted by molar-refractivity contribution is -0.0757. The molecule has 7 heteroatoms. The lowest BCUT2D eigenvalue weighted by Crippen LogP contribution is -2.51. The Morgan fingerprint density at radius 3 is 3.00 bits per heavy atom. The van der Waals surface area contributed by atoms with Crippen molar-refractivity contribution in [2.75, 3.05) is 26.2 Å². The van der Waals surface area contributed by atoms with Gasteiger partial charge in [-0.2, -0.15) is 0 Å². The largest absolute Gasteiger partial charge is 0.439 e. The van der Waals surface area contributed by atoms with Crippen LogP contribution >= 0.6 is 0 Å². The third kappa shape index (κ3) is 7.11. The molecule has 0 aliphatic carbocycles. The fourth-order valence-corrected chi connectivity index (χ4v) is 3.10. The zero-order valence-corrected chi connectivity index (χ0v) is 16.1. The summed E-state index contributed by atoms with van der Waals surface area (Å²) in [5.74, 6) is 0.834. The Balaban J connectivity index is 1.93. The minimum absolute atomic E-state index is 0.133. The summed E-state index contributed by atoms with van der Waals surface area (Å²) in [5.41, 5.74) is -0.133. The topological polar surface area (TPSA) is 78.7 Å². The molecular weight excluding hydrogens is 347 g/mol. The zero-order chi connectivity index (χ0) is 19.5. The van der Waals surface area contributed by atoms with E-state index in [9.17, 15) is 4.39 Å². The molecule has 1 aromatic rings. The van der Waals surface area contributed by atoms with Gasteiger partial charge in [-0.1, -0.05) is 19.4 Å². The Labute approximate surface area is 160 Å². The van der Waals surface area contributed by atoms with Crippen LogP contribution in [0.4, 0.5) is 4.39 Å². The van der Waals surface area contributed by atoms with Crippen LogP contribution < -0.4 is 15.4 Å². The van der Waals surface area contributed by atoms with Crippen LogP contribution in [0.15, 0.2) is 41.2 Å². The summed E-state index contributed by atoms with van der Waals surface area (Å²) in [6.45, 7) is 7.21. The number of nitrogens with zero attached hydrogens (tertiary/aromatic N) is 1. The van der Waals surface area contributed by atoms with Gasteiger partial charge in [-0.25, -0.2) is 9.38 Å². The van der Waals surface area contributed by atoms with E-state index in [4.69, 9.17) is 14.9 Å². The number of amidine groups is 1. The number of nitrogens with one attached hydrogen (secondary N) is 3. The highest BCUT2D eigenvalue weighted by Crippen LogP contribution is 2.23. The summed E-state index contributed by atoms with van der Waals surface area (Å²) < 4.78 is 24.9. The molecule has 0 spiro atoms. The van der Waals surface area contributed by atoms with Crippen molar-refractivity contribution in [3.05, 3.63) is 42.0 Å². The molecule has 0 aromatic heterocycles. The maximum Gasteiger partial charge on any atom is 0.222 e. The van der Waals surface area contributed by atoms with Gasteiger partial charge in [-0.05, 0) is 31.9 Å². The van der Waals surface area contributed by atoms with Crippen LogP contribution in [0, 0.1) is 11.2 Å².